The Kier molecular flexibility index (Phi) is 8.38. The van der Waals surface area contributed by atoms with Crippen molar-refractivity contribution in [1.29, 1.82) is 0 Å². The molecule has 0 spiro atoms. The smallest absolute Gasteiger partial charge is 0.568 e. The topological polar surface area (TPSA) is 86.9 Å². The molecule has 6 aromatic rings. The first kappa shape index (κ1) is 40.9. The van der Waals surface area contributed by atoms with Gasteiger partial charge in [-0.3, -0.25) is 0 Å². The molecule has 0 fully saturated rings. The Hall–Kier alpha value is -5.18. The Bertz CT molecular complexity index is 3130. The fourth-order valence-corrected chi connectivity index (χ4v) is 11.5. The maximum atomic E-state index is 7.68. The summed E-state index contributed by atoms with van der Waals surface area (Å²) in [5, 5.41) is 3.94. The van der Waals surface area contributed by atoms with E-state index in [4.69, 9.17) is 32.9 Å². The van der Waals surface area contributed by atoms with Crippen LogP contribution in [0, 0.1) is 0 Å². The van der Waals surface area contributed by atoms with Crippen LogP contribution >= 0.6 is 0 Å². The van der Waals surface area contributed by atoms with Crippen LogP contribution in [-0.4, -0.2) is 56.8 Å². The van der Waals surface area contributed by atoms with Crippen molar-refractivity contribution in [1.82, 2.24) is 8.96 Å². The van der Waals surface area contributed by atoms with Gasteiger partial charge in [-0.1, -0.05) is 90.5 Å². The lowest BCUT2D eigenvalue weighted by atomic mass is 9.75. The number of amidine groups is 2. The van der Waals surface area contributed by atoms with Gasteiger partial charge < -0.3 is 31.4 Å². The van der Waals surface area contributed by atoms with Crippen molar-refractivity contribution in [2.45, 2.75) is 117 Å². The Morgan fingerprint density at radius 1 is 0.484 bits per heavy atom. The van der Waals surface area contributed by atoms with Crippen molar-refractivity contribution in [3.05, 3.63) is 107 Å². The number of aliphatic imine (C=N–C) groups is 1. The second-order valence-corrected chi connectivity index (χ2v) is 36.4. The maximum Gasteiger partial charge on any atom is 0.568 e. The summed E-state index contributed by atoms with van der Waals surface area (Å²) in [6, 6.07) is 29.4. The van der Waals surface area contributed by atoms with Crippen molar-refractivity contribution >= 4 is 76.6 Å². The third-order valence-electron chi connectivity index (χ3n) is 15.0. The summed E-state index contributed by atoms with van der Waals surface area (Å²) in [7, 11) is -6.55. The van der Waals surface area contributed by atoms with E-state index >= 15 is 0 Å². The van der Waals surface area contributed by atoms with Crippen LogP contribution in [0.1, 0.15) is 73.4 Å². The van der Waals surface area contributed by atoms with Crippen LogP contribution < -0.4 is 28.9 Å². The quantitative estimate of drug-likeness (QED) is 0.143. The van der Waals surface area contributed by atoms with Gasteiger partial charge in [0, 0.05) is 21.5 Å². The molecule has 1 atom stereocenters. The molecule has 62 heavy (non-hydrogen) atoms. The van der Waals surface area contributed by atoms with Crippen molar-refractivity contribution in [2.75, 3.05) is 0 Å². The molecule has 4 aromatic carbocycles. The summed E-state index contributed by atoms with van der Waals surface area (Å²) in [6.45, 7) is 31.7. The highest BCUT2D eigenvalue weighted by Gasteiger charge is 2.59. The van der Waals surface area contributed by atoms with Gasteiger partial charge in [0.15, 0.2) is 11.3 Å². The van der Waals surface area contributed by atoms with Crippen LogP contribution in [0.4, 0.5) is 11.6 Å². The zero-order chi connectivity index (χ0) is 44.3. The van der Waals surface area contributed by atoms with Gasteiger partial charge in [-0.25, -0.2) is 4.99 Å². The second-order valence-electron chi connectivity index (χ2n) is 22.2. The van der Waals surface area contributed by atoms with Crippen molar-refractivity contribution in [3.8, 4) is 23.0 Å². The van der Waals surface area contributed by atoms with Crippen LogP contribution in [0.25, 0.3) is 21.5 Å². The van der Waals surface area contributed by atoms with Crippen LogP contribution in [0.2, 0.25) is 54.4 Å². The van der Waals surface area contributed by atoms with Crippen LogP contribution in [-0.2, 0) is 0 Å². The molecule has 4 aliphatic rings. The second kappa shape index (κ2) is 12.7. The number of benzene rings is 4. The Balaban J connectivity index is 1.31. The van der Waals surface area contributed by atoms with E-state index in [1.54, 1.807) is 0 Å². The Morgan fingerprint density at radius 2 is 0.984 bits per heavy atom. The fraction of sp³-hybridized carbons (Fsp3) is 0.375. The number of para-hydroxylation sites is 1. The van der Waals surface area contributed by atoms with E-state index in [0.717, 1.165) is 90.0 Å². The van der Waals surface area contributed by atoms with Gasteiger partial charge in [-0.15, -0.1) is 0 Å². The van der Waals surface area contributed by atoms with Crippen molar-refractivity contribution in [2.24, 2.45) is 15.0 Å². The summed E-state index contributed by atoms with van der Waals surface area (Å²) in [4.78, 5) is 16.9. The zero-order valence-electron chi connectivity index (χ0n) is 39.0. The predicted octanol–water partition coefficient (Wildman–Crippen LogP) is 11.4. The molecular formula is C48H59BN6O4Si3. The van der Waals surface area contributed by atoms with Gasteiger partial charge in [0.2, 0.25) is 36.6 Å². The largest absolute Gasteiger partial charge is 0.648 e. The first-order valence-corrected chi connectivity index (χ1v) is 30.7. The van der Waals surface area contributed by atoms with Crippen LogP contribution in [0.5, 0.6) is 23.0 Å². The Labute approximate surface area is 368 Å². The first-order valence-electron chi connectivity index (χ1n) is 22.0. The molecule has 14 heteroatoms. The van der Waals surface area contributed by atoms with E-state index in [1.807, 2.05) is 30.3 Å². The van der Waals surface area contributed by atoms with Gasteiger partial charge in [0.05, 0.1) is 16.9 Å². The van der Waals surface area contributed by atoms with Gasteiger partial charge in [0.25, 0.3) is 0 Å². The molecule has 320 valence electrons. The van der Waals surface area contributed by atoms with Crippen molar-refractivity contribution in [3.63, 3.8) is 0 Å². The molecule has 0 aliphatic carbocycles. The van der Waals surface area contributed by atoms with Gasteiger partial charge in [0.1, 0.15) is 28.6 Å². The summed E-state index contributed by atoms with van der Waals surface area (Å²) < 4.78 is 35.3. The van der Waals surface area contributed by atoms with Crippen LogP contribution in [0.3, 0.4) is 0 Å². The van der Waals surface area contributed by atoms with E-state index in [2.05, 4.69) is 170 Å². The number of aromatic nitrogens is 2. The molecule has 6 heterocycles. The molecule has 0 N–H and O–H groups in total. The van der Waals surface area contributed by atoms with Gasteiger partial charge >= 0.3 is 6.75 Å². The molecule has 2 aromatic heterocycles. The fourth-order valence-electron chi connectivity index (χ4n) is 8.45. The highest BCUT2D eigenvalue weighted by molar-refractivity contribution is 6.75. The average Bonchev–Trinajstić information content (AvgIpc) is 3.77. The van der Waals surface area contributed by atoms with Crippen molar-refractivity contribution < 1.29 is 22.4 Å². The van der Waals surface area contributed by atoms with E-state index in [0.29, 0.717) is 0 Å². The minimum absolute atomic E-state index is 0.0205. The molecule has 1 unspecified atom stereocenters. The third-order valence-corrected chi connectivity index (χ3v) is 28.1. The number of fused-ring (bicyclic) bond motifs is 9. The minimum atomic E-state index is -2.44. The highest BCUT2D eigenvalue weighted by atomic mass is 28.4. The Morgan fingerprint density at radius 3 is 1.56 bits per heavy atom. The molecule has 0 saturated carbocycles. The van der Waals surface area contributed by atoms with E-state index in [1.165, 1.54) is 0 Å². The molecule has 0 radical (unpaired) electrons. The SMILES string of the molecule is CC(C)(C)[Si](C)(C)Oc1ccc2c(c1)C1=Nc3c4cc(O[Si](C)(C)C(C)(C)C)ccc4c4n3[B-]3(Oc5ccccc5)n5c(c6cc(O[Si](C)(C)C(C)(C)C)ccc6c5=N4)=NC2=[N+]13. The standard InChI is InChI=1S/C48H59BN6O4Si3/c1-46(2,3)60(10,11)57-31-21-24-34-37(27-31)43-51-42-36-26-23-33(59-62(14,15)48(7,8)9)29-39(36)45-52-44-38-28-32(58-61(12,13)47(4,5)6)22-25-35(38)41-50-40(34)53(43)49(54(41)44,55(42)45)56-30-19-17-16-18-20-30/h16-29H,1-15H3. The van der Waals surface area contributed by atoms with Crippen LogP contribution in [0.15, 0.2) is 99.9 Å². The first-order chi connectivity index (χ1) is 28.8. The number of nitrogens with zero attached hydrogens (tertiary/aromatic N) is 6. The van der Waals surface area contributed by atoms with E-state index < -0.39 is 31.7 Å². The lowest BCUT2D eigenvalue weighted by molar-refractivity contribution is -0.291. The monoisotopic (exact) mass is 878 g/mol. The summed E-state index contributed by atoms with van der Waals surface area (Å²) in [5.74, 6) is 6.32. The predicted molar refractivity (Wildman–Crippen MR) is 260 cm³/mol. The molecule has 4 aliphatic heterocycles. The lowest BCUT2D eigenvalue weighted by Gasteiger charge is -2.47. The maximum absolute atomic E-state index is 7.68. The normalized spacial score (nSPS) is 18.0. The molecule has 10 nitrogen and oxygen atoms in total. The molecule has 0 amide bonds. The molecule has 10 rings (SSSR count). The van der Waals surface area contributed by atoms with Gasteiger partial charge in [-0.2, -0.15) is 0 Å². The summed E-state index contributed by atoms with van der Waals surface area (Å²) in [5.41, 5.74) is 3.48. The average molecular weight is 879 g/mol. The minimum Gasteiger partial charge on any atom is -0.648 e. The lowest BCUT2D eigenvalue weighted by Crippen LogP contribution is -2.75. The molecular weight excluding hydrogens is 820 g/mol. The summed E-state index contributed by atoms with van der Waals surface area (Å²) >= 11 is 0. The highest BCUT2D eigenvalue weighted by Crippen LogP contribution is 2.49. The number of rotatable bonds is 8. The van der Waals surface area contributed by atoms with E-state index in [-0.39, 0.29) is 15.1 Å². The third kappa shape index (κ3) is 5.70. The molecule has 0 saturated heterocycles. The molecule has 0 bridgehead atoms. The zero-order valence-corrected chi connectivity index (χ0v) is 42.0. The van der Waals surface area contributed by atoms with Gasteiger partial charge in [-0.05, 0) is 121 Å². The summed E-state index contributed by atoms with van der Waals surface area (Å²) in [6.07, 6.45) is 0. The number of hydrogen-bond acceptors (Lipinski definition) is 7. The van der Waals surface area contributed by atoms with E-state index in [9.17, 15) is 0 Å². The number of hydrogen-bond donors (Lipinski definition) is 0.